The molecule has 1 aromatic heterocycles. The smallest absolute Gasteiger partial charge is 0.217 e. The zero-order valence-corrected chi connectivity index (χ0v) is 12.0. The van der Waals surface area contributed by atoms with Crippen LogP contribution < -0.4 is 5.73 Å². The monoisotopic (exact) mass is 298 g/mol. The number of fused-ring (bicyclic) bond motifs is 1. The highest BCUT2D eigenvalue weighted by Gasteiger charge is 2.16. The Hall–Kier alpha value is -0.900. The van der Waals surface area contributed by atoms with Gasteiger partial charge in [0, 0.05) is 23.3 Å². The molecule has 0 saturated heterocycles. The number of nitrogens with zero attached hydrogens (tertiary/aromatic N) is 1. The van der Waals surface area contributed by atoms with Crippen LogP contribution in [0.25, 0.3) is 0 Å². The number of carbonyl (C=O) groups excluding carboxylic acids is 1. The van der Waals surface area contributed by atoms with Gasteiger partial charge in [-0.05, 0) is 52.2 Å². The molecule has 0 aromatic carbocycles. The van der Waals surface area contributed by atoms with E-state index in [1.165, 1.54) is 34.9 Å². The summed E-state index contributed by atoms with van der Waals surface area (Å²) < 4.78 is 1.19. The molecule has 2 N–H and O–H groups in total. The topological polar surface area (TPSA) is 56.0 Å². The molecule has 0 bridgehead atoms. The van der Waals surface area contributed by atoms with E-state index in [-0.39, 0.29) is 5.91 Å². The number of rotatable bonds is 1. The molecular weight excluding hydrogens is 280 g/mol. The number of nitrogens with two attached hydrogens (primary N) is 1. The van der Waals surface area contributed by atoms with E-state index in [1.54, 1.807) is 6.92 Å². The van der Waals surface area contributed by atoms with Gasteiger partial charge in [0.25, 0.3) is 0 Å². The third-order valence-corrected chi connectivity index (χ3v) is 3.58. The Labute approximate surface area is 111 Å². The summed E-state index contributed by atoms with van der Waals surface area (Å²) in [6, 6.07) is 0. The Kier molecular flexibility index (Phi) is 5.62. The third-order valence-electron chi connectivity index (χ3n) is 2.90. The Bertz CT molecular complexity index is 393. The fourth-order valence-electron chi connectivity index (χ4n) is 1.83. The molecule has 94 valence electrons. The van der Waals surface area contributed by atoms with Crippen LogP contribution in [0.15, 0.2) is 16.9 Å². The largest absolute Gasteiger partial charge is 0.370 e. The number of hydrogen-bond acceptors (Lipinski definition) is 2. The van der Waals surface area contributed by atoms with Gasteiger partial charge in [0.2, 0.25) is 5.91 Å². The second-order valence-corrected chi connectivity index (χ2v) is 5.28. The standard InChI is InChI=1S/C10H12BrN.C3H7NO/c1-7-2-3-9-8(4-7)5-12-6-10(9)11;1-2-3(4)5/h5-7H,2-4H2,1H3;2H2,1H3,(H2,4,5). The van der Waals surface area contributed by atoms with Crippen molar-refractivity contribution in [1.82, 2.24) is 4.98 Å². The summed E-state index contributed by atoms with van der Waals surface area (Å²) in [6.07, 6.45) is 8.07. The first kappa shape index (κ1) is 14.2. The summed E-state index contributed by atoms with van der Waals surface area (Å²) in [5, 5.41) is 0. The SMILES string of the molecule is CC1CCc2c(Br)cncc2C1.CCC(N)=O. The first-order valence-corrected chi connectivity index (χ1v) is 6.73. The number of primary amides is 1. The van der Waals surface area contributed by atoms with Crippen molar-refractivity contribution in [3.8, 4) is 0 Å². The van der Waals surface area contributed by atoms with E-state index < -0.39 is 0 Å². The van der Waals surface area contributed by atoms with E-state index >= 15 is 0 Å². The van der Waals surface area contributed by atoms with Crippen LogP contribution in [-0.2, 0) is 17.6 Å². The predicted octanol–water partition coefficient (Wildman–Crippen LogP) is 2.85. The summed E-state index contributed by atoms with van der Waals surface area (Å²) in [7, 11) is 0. The molecule has 0 spiro atoms. The first-order valence-electron chi connectivity index (χ1n) is 5.94. The van der Waals surface area contributed by atoms with Gasteiger partial charge in [-0.1, -0.05) is 13.8 Å². The maximum Gasteiger partial charge on any atom is 0.217 e. The van der Waals surface area contributed by atoms with Crippen molar-refractivity contribution >= 4 is 21.8 Å². The van der Waals surface area contributed by atoms with Crippen molar-refractivity contribution in [3.63, 3.8) is 0 Å². The van der Waals surface area contributed by atoms with Crippen LogP contribution in [0.3, 0.4) is 0 Å². The highest BCUT2D eigenvalue weighted by atomic mass is 79.9. The van der Waals surface area contributed by atoms with Crippen molar-refractivity contribution < 1.29 is 4.79 Å². The molecule has 0 fully saturated rings. The zero-order chi connectivity index (χ0) is 12.8. The number of pyridine rings is 1. The first-order chi connectivity index (χ1) is 8.04. The summed E-state index contributed by atoms with van der Waals surface area (Å²) in [6.45, 7) is 4.03. The molecule has 0 saturated carbocycles. The van der Waals surface area contributed by atoms with Gasteiger partial charge in [0.15, 0.2) is 0 Å². The van der Waals surface area contributed by atoms with Crippen LogP contribution in [0.4, 0.5) is 0 Å². The van der Waals surface area contributed by atoms with Crippen molar-refractivity contribution in [3.05, 3.63) is 28.0 Å². The molecule has 1 aromatic rings. The average Bonchev–Trinajstić information content (AvgIpc) is 2.29. The highest BCUT2D eigenvalue weighted by Crippen LogP contribution is 2.29. The van der Waals surface area contributed by atoms with Crippen LogP contribution >= 0.6 is 15.9 Å². The summed E-state index contributed by atoms with van der Waals surface area (Å²) >= 11 is 3.54. The predicted molar refractivity (Wildman–Crippen MR) is 72.6 cm³/mol. The van der Waals surface area contributed by atoms with E-state index in [9.17, 15) is 4.79 Å². The summed E-state index contributed by atoms with van der Waals surface area (Å²) in [5.41, 5.74) is 7.56. The van der Waals surface area contributed by atoms with Gasteiger partial charge in [0.05, 0.1) is 0 Å². The van der Waals surface area contributed by atoms with Crippen molar-refractivity contribution in [2.75, 3.05) is 0 Å². The summed E-state index contributed by atoms with van der Waals surface area (Å²) in [4.78, 5) is 13.8. The van der Waals surface area contributed by atoms with Crippen LogP contribution in [0.2, 0.25) is 0 Å². The average molecular weight is 299 g/mol. The molecule has 0 radical (unpaired) electrons. The molecule has 17 heavy (non-hydrogen) atoms. The van der Waals surface area contributed by atoms with Crippen molar-refractivity contribution in [2.45, 2.75) is 39.5 Å². The molecule has 4 heteroatoms. The Morgan fingerprint density at radius 2 is 2.24 bits per heavy atom. The third kappa shape index (κ3) is 4.46. The molecule has 1 amide bonds. The lowest BCUT2D eigenvalue weighted by Gasteiger charge is -2.21. The lowest BCUT2D eigenvalue weighted by atomic mass is 9.86. The van der Waals surface area contributed by atoms with Crippen LogP contribution in [-0.4, -0.2) is 10.9 Å². The molecule has 3 nitrogen and oxygen atoms in total. The maximum atomic E-state index is 9.59. The molecule has 1 unspecified atom stereocenters. The molecule has 0 aliphatic heterocycles. The van der Waals surface area contributed by atoms with E-state index in [1.807, 2.05) is 12.4 Å². The second kappa shape index (κ2) is 6.74. The number of aromatic nitrogens is 1. The molecule has 1 aliphatic rings. The van der Waals surface area contributed by atoms with E-state index in [4.69, 9.17) is 0 Å². The fourth-order valence-corrected chi connectivity index (χ4v) is 2.40. The minimum Gasteiger partial charge on any atom is -0.370 e. The van der Waals surface area contributed by atoms with E-state index in [2.05, 4.69) is 33.6 Å². The van der Waals surface area contributed by atoms with E-state index in [0.717, 1.165) is 5.92 Å². The van der Waals surface area contributed by atoms with Crippen LogP contribution in [0, 0.1) is 5.92 Å². The van der Waals surface area contributed by atoms with Crippen LogP contribution in [0.5, 0.6) is 0 Å². The number of halogens is 1. The van der Waals surface area contributed by atoms with Gasteiger partial charge in [-0.25, -0.2) is 0 Å². The van der Waals surface area contributed by atoms with Crippen molar-refractivity contribution in [1.29, 1.82) is 0 Å². The number of amides is 1. The van der Waals surface area contributed by atoms with Gasteiger partial charge < -0.3 is 5.73 Å². The lowest BCUT2D eigenvalue weighted by molar-refractivity contribution is -0.117. The van der Waals surface area contributed by atoms with Gasteiger partial charge in [-0.2, -0.15) is 0 Å². The Morgan fingerprint density at radius 3 is 2.82 bits per heavy atom. The zero-order valence-electron chi connectivity index (χ0n) is 10.4. The molecule has 1 heterocycles. The minimum absolute atomic E-state index is 0.245. The Balaban J connectivity index is 0.000000249. The van der Waals surface area contributed by atoms with Gasteiger partial charge in [0.1, 0.15) is 0 Å². The maximum absolute atomic E-state index is 9.59. The quantitative estimate of drug-likeness (QED) is 0.867. The fraction of sp³-hybridized carbons (Fsp3) is 0.538. The second-order valence-electron chi connectivity index (χ2n) is 4.43. The molecule has 2 rings (SSSR count). The highest BCUT2D eigenvalue weighted by molar-refractivity contribution is 9.10. The van der Waals surface area contributed by atoms with Gasteiger partial charge in [-0.15, -0.1) is 0 Å². The van der Waals surface area contributed by atoms with Crippen molar-refractivity contribution in [2.24, 2.45) is 11.7 Å². The molecular formula is C13H19BrN2O. The lowest BCUT2D eigenvalue weighted by Crippen LogP contribution is -2.11. The molecule has 1 aliphatic carbocycles. The van der Waals surface area contributed by atoms with Crippen LogP contribution in [0.1, 0.15) is 37.8 Å². The minimum atomic E-state index is -0.245. The normalized spacial score (nSPS) is 17.7. The number of hydrogen-bond donors (Lipinski definition) is 1. The molecule has 1 atom stereocenters. The Morgan fingerprint density at radius 1 is 1.59 bits per heavy atom. The van der Waals surface area contributed by atoms with E-state index in [0.29, 0.717) is 6.42 Å². The van der Waals surface area contributed by atoms with Gasteiger partial charge >= 0.3 is 0 Å². The van der Waals surface area contributed by atoms with Gasteiger partial charge in [-0.3, -0.25) is 9.78 Å². The number of carbonyl (C=O) groups is 1. The summed E-state index contributed by atoms with van der Waals surface area (Å²) in [5.74, 6) is 0.582.